The summed E-state index contributed by atoms with van der Waals surface area (Å²) in [6, 6.07) is 3.90. The van der Waals surface area contributed by atoms with Crippen molar-refractivity contribution in [3.05, 3.63) is 28.6 Å². The van der Waals surface area contributed by atoms with Gasteiger partial charge in [-0.15, -0.1) is 0 Å². The first-order valence-electron chi connectivity index (χ1n) is 5.12. The standard InChI is InChI=1S/C12H13FN2/c1-7-3-4-10-8(2)12(13)9(6-14)5-11(10)15-7/h5,7,15H,3-4H2,1-2H3. The Balaban J connectivity index is 2.59. The molecule has 2 rings (SSSR count). The normalized spacial score (nSPS) is 18.9. The molecule has 0 bridgehead atoms. The molecular weight excluding hydrogens is 191 g/mol. The third-order valence-electron chi connectivity index (χ3n) is 2.98. The summed E-state index contributed by atoms with van der Waals surface area (Å²) in [4.78, 5) is 0. The number of rotatable bonds is 0. The predicted molar refractivity (Wildman–Crippen MR) is 57.3 cm³/mol. The van der Waals surface area contributed by atoms with Crippen molar-refractivity contribution in [1.82, 2.24) is 0 Å². The molecule has 2 nitrogen and oxygen atoms in total. The lowest BCUT2D eigenvalue weighted by atomic mass is 9.93. The van der Waals surface area contributed by atoms with Gasteiger partial charge in [-0.05, 0) is 43.9 Å². The molecule has 15 heavy (non-hydrogen) atoms. The van der Waals surface area contributed by atoms with E-state index in [1.54, 1.807) is 13.0 Å². The average Bonchev–Trinajstić information content (AvgIpc) is 2.23. The van der Waals surface area contributed by atoms with E-state index in [2.05, 4.69) is 12.2 Å². The molecule has 1 aliphatic rings. The SMILES string of the molecule is Cc1c(F)c(C#N)cc2c1CCC(C)N2. The number of anilines is 1. The quantitative estimate of drug-likeness (QED) is 0.705. The molecule has 0 saturated carbocycles. The van der Waals surface area contributed by atoms with Crippen LogP contribution in [0.15, 0.2) is 6.07 Å². The minimum atomic E-state index is -0.368. The van der Waals surface area contributed by atoms with Crippen molar-refractivity contribution in [2.75, 3.05) is 5.32 Å². The summed E-state index contributed by atoms with van der Waals surface area (Å²) in [7, 11) is 0. The van der Waals surface area contributed by atoms with Crippen molar-refractivity contribution < 1.29 is 4.39 Å². The summed E-state index contributed by atoms with van der Waals surface area (Å²) in [6.45, 7) is 3.83. The fourth-order valence-corrected chi connectivity index (χ4v) is 2.06. The Labute approximate surface area is 88.7 Å². The lowest BCUT2D eigenvalue weighted by molar-refractivity contribution is 0.603. The van der Waals surface area contributed by atoms with E-state index in [0.29, 0.717) is 11.6 Å². The van der Waals surface area contributed by atoms with Crippen LogP contribution >= 0.6 is 0 Å². The monoisotopic (exact) mass is 204 g/mol. The highest BCUT2D eigenvalue weighted by atomic mass is 19.1. The molecule has 1 aromatic rings. The summed E-state index contributed by atoms with van der Waals surface area (Å²) in [5.41, 5.74) is 2.69. The van der Waals surface area contributed by atoms with Gasteiger partial charge in [0, 0.05) is 11.7 Å². The molecule has 1 unspecified atom stereocenters. The molecule has 1 N–H and O–H groups in total. The Morgan fingerprint density at radius 1 is 1.60 bits per heavy atom. The summed E-state index contributed by atoms with van der Waals surface area (Å²) >= 11 is 0. The van der Waals surface area contributed by atoms with E-state index in [1.165, 1.54) is 0 Å². The summed E-state index contributed by atoms with van der Waals surface area (Å²) < 4.78 is 13.6. The Morgan fingerprint density at radius 3 is 3.00 bits per heavy atom. The Kier molecular flexibility index (Phi) is 2.36. The molecule has 0 fully saturated rings. The molecule has 0 spiro atoms. The maximum Gasteiger partial charge on any atom is 0.144 e. The number of hydrogen-bond acceptors (Lipinski definition) is 2. The number of hydrogen-bond donors (Lipinski definition) is 1. The van der Waals surface area contributed by atoms with E-state index in [0.717, 1.165) is 24.1 Å². The number of nitrogens with zero attached hydrogens (tertiary/aromatic N) is 1. The second-order valence-electron chi connectivity index (χ2n) is 4.09. The van der Waals surface area contributed by atoms with E-state index in [4.69, 9.17) is 5.26 Å². The van der Waals surface area contributed by atoms with Gasteiger partial charge in [0.1, 0.15) is 11.9 Å². The highest BCUT2D eigenvalue weighted by Crippen LogP contribution is 2.30. The molecule has 0 aliphatic carbocycles. The van der Waals surface area contributed by atoms with Crippen LogP contribution in [0.2, 0.25) is 0 Å². The zero-order valence-electron chi connectivity index (χ0n) is 8.89. The van der Waals surface area contributed by atoms with Crippen LogP contribution in [0.5, 0.6) is 0 Å². The van der Waals surface area contributed by atoms with Crippen molar-refractivity contribution in [3.63, 3.8) is 0 Å². The smallest absolute Gasteiger partial charge is 0.144 e. The highest BCUT2D eigenvalue weighted by Gasteiger charge is 2.20. The van der Waals surface area contributed by atoms with Gasteiger partial charge >= 0.3 is 0 Å². The Hall–Kier alpha value is -1.56. The molecule has 0 aromatic heterocycles. The van der Waals surface area contributed by atoms with E-state index in [-0.39, 0.29) is 11.4 Å². The van der Waals surface area contributed by atoms with Gasteiger partial charge in [0.05, 0.1) is 5.56 Å². The number of nitrogens with one attached hydrogen (secondary N) is 1. The number of nitriles is 1. The van der Waals surface area contributed by atoms with Crippen LogP contribution < -0.4 is 5.32 Å². The minimum absolute atomic E-state index is 0.132. The summed E-state index contributed by atoms with van der Waals surface area (Å²) in [5.74, 6) is -0.368. The van der Waals surface area contributed by atoms with Gasteiger partial charge in [-0.2, -0.15) is 5.26 Å². The van der Waals surface area contributed by atoms with Crippen molar-refractivity contribution in [1.29, 1.82) is 5.26 Å². The van der Waals surface area contributed by atoms with Crippen LogP contribution in [0, 0.1) is 24.1 Å². The molecular formula is C12H13FN2. The molecule has 1 aliphatic heterocycles. The lowest BCUT2D eigenvalue weighted by Gasteiger charge is -2.26. The van der Waals surface area contributed by atoms with Crippen molar-refractivity contribution in [2.45, 2.75) is 32.7 Å². The first kappa shape index (κ1) is 9.97. The summed E-state index contributed by atoms with van der Waals surface area (Å²) in [6.07, 6.45) is 1.90. The van der Waals surface area contributed by atoms with Crippen molar-refractivity contribution >= 4 is 5.69 Å². The van der Waals surface area contributed by atoms with Crippen LogP contribution in [0.3, 0.4) is 0 Å². The molecule has 1 aromatic carbocycles. The summed E-state index contributed by atoms with van der Waals surface area (Å²) in [5, 5.41) is 12.1. The van der Waals surface area contributed by atoms with Crippen molar-refractivity contribution in [2.24, 2.45) is 0 Å². The van der Waals surface area contributed by atoms with Crippen LogP contribution in [0.4, 0.5) is 10.1 Å². The Bertz CT molecular complexity index is 446. The van der Waals surface area contributed by atoms with Crippen LogP contribution in [0.1, 0.15) is 30.0 Å². The topological polar surface area (TPSA) is 35.8 Å². The van der Waals surface area contributed by atoms with Gasteiger partial charge in [-0.1, -0.05) is 0 Å². The first-order chi connectivity index (χ1) is 7.13. The molecule has 78 valence electrons. The second-order valence-corrected chi connectivity index (χ2v) is 4.09. The van der Waals surface area contributed by atoms with Crippen LogP contribution in [-0.4, -0.2) is 6.04 Å². The van der Waals surface area contributed by atoms with Gasteiger partial charge in [0.25, 0.3) is 0 Å². The van der Waals surface area contributed by atoms with E-state index in [9.17, 15) is 4.39 Å². The average molecular weight is 204 g/mol. The van der Waals surface area contributed by atoms with E-state index >= 15 is 0 Å². The van der Waals surface area contributed by atoms with Crippen LogP contribution in [-0.2, 0) is 6.42 Å². The second kappa shape index (κ2) is 3.54. The Morgan fingerprint density at radius 2 is 2.33 bits per heavy atom. The first-order valence-corrected chi connectivity index (χ1v) is 5.12. The number of benzene rings is 1. The van der Waals surface area contributed by atoms with Crippen LogP contribution in [0.25, 0.3) is 0 Å². The molecule has 0 radical (unpaired) electrons. The largest absolute Gasteiger partial charge is 0.382 e. The maximum atomic E-state index is 13.6. The van der Waals surface area contributed by atoms with Crippen molar-refractivity contribution in [3.8, 4) is 6.07 Å². The van der Waals surface area contributed by atoms with Gasteiger partial charge in [-0.3, -0.25) is 0 Å². The fraction of sp³-hybridized carbons (Fsp3) is 0.417. The zero-order chi connectivity index (χ0) is 11.0. The maximum absolute atomic E-state index is 13.6. The van der Waals surface area contributed by atoms with E-state index in [1.807, 2.05) is 6.07 Å². The molecule has 1 heterocycles. The van der Waals surface area contributed by atoms with Gasteiger partial charge in [0.2, 0.25) is 0 Å². The minimum Gasteiger partial charge on any atom is -0.382 e. The lowest BCUT2D eigenvalue weighted by Crippen LogP contribution is -2.23. The highest BCUT2D eigenvalue weighted by molar-refractivity contribution is 5.61. The number of fused-ring (bicyclic) bond motifs is 1. The fourth-order valence-electron chi connectivity index (χ4n) is 2.06. The third-order valence-corrected chi connectivity index (χ3v) is 2.98. The van der Waals surface area contributed by atoms with Gasteiger partial charge in [0.15, 0.2) is 0 Å². The molecule has 1 atom stereocenters. The molecule has 0 amide bonds. The zero-order valence-corrected chi connectivity index (χ0v) is 8.89. The predicted octanol–water partition coefficient (Wildman–Crippen LogP) is 2.75. The molecule has 0 saturated heterocycles. The third kappa shape index (κ3) is 1.56. The molecule has 3 heteroatoms. The number of halogens is 1. The van der Waals surface area contributed by atoms with Gasteiger partial charge < -0.3 is 5.32 Å². The van der Waals surface area contributed by atoms with E-state index < -0.39 is 0 Å². The van der Waals surface area contributed by atoms with Gasteiger partial charge in [-0.25, -0.2) is 4.39 Å².